The van der Waals surface area contributed by atoms with E-state index in [4.69, 9.17) is 9.47 Å². The number of hydrogen-bond donors (Lipinski definition) is 1. The van der Waals surface area contributed by atoms with Crippen molar-refractivity contribution in [2.45, 2.75) is 13.8 Å². The second-order valence-electron chi connectivity index (χ2n) is 7.05. The molecule has 2 aromatic rings. The molecule has 156 valence electrons. The standard InChI is InChI=1S/C23H25N3O3S/c1-3-29-20-8-5-18(6-9-20)24-23-25-22(27)21(30-23)15-17-4-7-19(14-16(17)2)26-10-12-28-13-11-26/h4-9,14-15H,3,10-13H2,1-2H3,(H,24,25,27)/b21-15+. The average Bonchev–Trinajstić information content (AvgIpc) is 3.10. The lowest BCUT2D eigenvalue weighted by atomic mass is 10.1. The molecule has 1 N–H and O–H groups in total. The van der Waals surface area contributed by atoms with Gasteiger partial charge in [-0.2, -0.15) is 0 Å². The molecular formula is C23H25N3O3S. The van der Waals surface area contributed by atoms with Gasteiger partial charge in [0.15, 0.2) is 5.17 Å². The van der Waals surface area contributed by atoms with E-state index < -0.39 is 0 Å². The van der Waals surface area contributed by atoms with Gasteiger partial charge in [0.05, 0.1) is 30.4 Å². The molecule has 30 heavy (non-hydrogen) atoms. The smallest absolute Gasteiger partial charge is 0.264 e. The number of anilines is 1. The highest BCUT2D eigenvalue weighted by Crippen LogP contribution is 2.30. The maximum absolute atomic E-state index is 12.4. The van der Waals surface area contributed by atoms with Crippen LogP contribution in [0.5, 0.6) is 5.75 Å². The number of aliphatic imine (C=N–C) groups is 1. The van der Waals surface area contributed by atoms with Crippen molar-refractivity contribution >= 4 is 40.3 Å². The van der Waals surface area contributed by atoms with E-state index in [0.717, 1.165) is 48.9 Å². The lowest BCUT2D eigenvalue weighted by Crippen LogP contribution is -2.36. The van der Waals surface area contributed by atoms with Gasteiger partial charge >= 0.3 is 0 Å². The summed E-state index contributed by atoms with van der Waals surface area (Å²) in [5.41, 5.74) is 4.14. The quantitative estimate of drug-likeness (QED) is 0.733. The second kappa shape index (κ2) is 9.36. The van der Waals surface area contributed by atoms with Gasteiger partial charge in [0, 0.05) is 18.8 Å². The number of rotatable bonds is 5. The van der Waals surface area contributed by atoms with E-state index >= 15 is 0 Å². The van der Waals surface area contributed by atoms with Gasteiger partial charge in [-0.25, -0.2) is 4.99 Å². The molecule has 0 radical (unpaired) electrons. The van der Waals surface area contributed by atoms with Crippen molar-refractivity contribution in [2.24, 2.45) is 4.99 Å². The van der Waals surface area contributed by atoms with Crippen LogP contribution in [0, 0.1) is 6.92 Å². The molecule has 4 rings (SSSR count). The molecular weight excluding hydrogens is 398 g/mol. The Balaban J connectivity index is 1.48. The molecule has 2 fully saturated rings. The van der Waals surface area contributed by atoms with Crippen molar-refractivity contribution in [1.29, 1.82) is 0 Å². The molecule has 6 nitrogen and oxygen atoms in total. The number of carbonyl (C=O) groups excluding carboxylic acids is 1. The Morgan fingerprint density at radius 3 is 2.67 bits per heavy atom. The van der Waals surface area contributed by atoms with E-state index in [0.29, 0.717) is 16.7 Å². The largest absolute Gasteiger partial charge is 0.494 e. The SMILES string of the molecule is CCOc1ccc(N=C2NC(=O)/C(=C\c3ccc(N4CCOCC4)cc3C)S2)cc1. The minimum absolute atomic E-state index is 0.124. The van der Waals surface area contributed by atoms with Crippen LogP contribution in [0.15, 0.2) is 52.4 Å². The number of benzene rings is 2. The number of amidine groups is 1. The summed E-state index contributed by atoms with van der Waals surface area (Å²) < 4.78 is 10.9. The molecule has 2 aromatic carbocycles. The van der Waals surface area contributed by atoms with Gasteiger partial charge in [-0.15, -0.1) is 0 Å². The third-order valence-electron chi connectivity index (χ3n) is 4.95. The monoisotopic (exact) mass is 423 g/mol. The molecule has 0 spiro atoms. The number of morpholine rings is 1. The summed E-state index contributed by atoms with van der Waals surface area (Å²) in [5, 5.41) is 3.43. The van der Waals surface area contributed by atoms with Crippen LogP contribution in [-0.4, -0.2) is 44.0 Å². The predicted octanol–water partition coefficient (Wildman–Crippen LogP) is 4.12. The minimum atomic E-state index is -0.124. The normalized spacial score (nSPS) is 19.4. The Labute approximate surface area is 181 Å². The summed E-state index contributed by atoms with van der Waals surface area (Å²) in [4.78, 5) is 19.9. The predicted molar refractivity (Wildman–Crippen MR) is 123 cm³/mol. The van der Waals surface area contributed by atoms with Crippen molar-refractivity contribution in [2.75, 3.05) is 37.8 Å². The second-order valence-corrected chi connectivity index (χ2v) is 8.08. The summed E-state index contributed by atoms with van der Waals surface area (Å²) in [6.07, 6.45) is 1.93. The van der Waals surface area contributed by atoms with Gasteiger partial charge in [-0.3, -0.25) is 4.79 Å². The Morgan fingerprint density at radius 2 is 1.97 bits per heavy atom. The van der Waals surface area contributed by atoms with Crippen molar-refractivity contribution in [1.82, 2.24) is 5.32 Å². The van der Waals surface area contributed by atoms with Crippen LogP contribution in [0.2, 0.25) is 0 Å². The Bertz CT molecular complexity index is 980. The first kappa shape index (κ1) is 20.5. The zero-order valence-electron chi connectivity index (χ0n) is 17.2. The molecule has 2 heterocycles. The number of thioether (sulfide) groups is 1. The minimum Gasteiger partial charge on any atom is -0.494 e. The molecule has 0 unspecified atom stereocenters. The first-order valence-electron chi connectivity index (χ1n) is 10.1. The van der Waals surface area contributed by atoms with E-state index in [1.165, 1.54) is 17.4 Å². The number of nitrogens with zero attached hydrogens (tertiary/aromatic N) is 2. The molecule has 2 saturated heterocycles. The maximum atomic E-state index is 12.4. The summed E-state index contributed by atoms with van der Waals surface area (Å²) in [6, 6.07) is 13.9. The van der Waals surface area contributed by atoms with Crippen LogP contribution < -0.4 is 15.0 Å². The number of nitrogens with one attached hydrogen (secondary N) is 1. The average molecular weight is 424 g/mol. The first-order valence-corrected chi connectivity index (χ1v) is 10.9. The number of carbonyl (C=O) groups is 1. The highest BCUT2D eigenvalue weighted by molar-refractivity contribution is 8.18. The molecule has 0 aromatic heterocycles. The number of hydrogen-bond acceptors (Lipinski definition) is 6. The summed E-state index contributed by atoms with van der Waals surface area (Å²) in [5.74, 6) is 0.683. The van der Waals surface area contributed by atoms with Gasteiger partial charge in [-0.1, -0.05) is 6.07 Å². The van der Waals surface area contributed by atoms with Gasteiger partial charge < -0.3 is 19.7 Å². The van der Waals surface area contributed by atoms with E-state index in [2.05, 4.69) is 40.3 Å². The van der Waals surface area contributed by atoms with Crippen LogP contribution in [0.25, 0.3) is 6.08 Å². The Morgan fingerprint density at radius 1 is 1.20 bits per heavy atom. The molecule has 0 atom stereocenters. The summed E-state index contributed by atoms with van der Waals surface area (Å²) >= 11 is 1.36. The number of aryl methyl sites for hydroxylation is 1. The summed E-state index contributed by atoms with van der Waals surface area (Å²) in [7, 11) is 0. The molecule has 2 aliphatic heterocycles. The molecule has 7 heteroatoms. The van der Waals surface area contributed by atoms with Crippen LogP contribution >= 0.6 is 11.8 Å². The molecule has 2 aliphatic rings. The highest BCUT2D eigenvalue weighted by Gasteiger charge is 2.24. The fourth-order valence-electron chi connectivity index (χ4n) is 3.36. The van der Waals surface area contributed by atoms with Crippen molar-refractivity contribution in [3.8, 4) is 5.75 Å². The topological polar surface area (TPSA) is 63.2 Å². The van der Waals surface area contributed by atoms with Crippen LogP contribution in [0.4, 0.5) is 11.4 Å². The van der Waals surface area contributed by atoms with Crippen molar-refractivity contribution < 1.29 is 14.3 Å². The van der Waals surface area contributed by atoms with E-state index in [1.807, 2.05) is 37.3 Å². The van der Waals surface area contributed by atoms with Crippen molar-refractivity contribution in [3.63, 3.8) is 0 Å². The van der Waals surface area contributed by atoms with Crippen LogP contribution in [-0.2, 0) is 9.53 Å². The van der Waals surface area contributed by atoms with Gasteiger partial charge in [0.1, 0.15) is 5.75 Å². The molecule has 0 aliphatic carbocycles. The fraction of sp³-hybridized carbons (Fsp3) is 0.304. The molecule has 0 saturated carbocycles. The maximum Gasteiger partial charge on any atom is 0.264 e. The van der Waals surface area contributed by atoms with Crippen LogP contribution in [0.1, 0.15) is 18.1 Å². The Hall–Kier alpha value is -2.77. The summed E-state index contributed by atoms with van der Waals surface area (Å²) in [6.45, 7) is 7.98. The van der Waals surface area contributed by atoms with E-state index in [9.17, 15) is 4.79 Å². The molecule has 0 bridgehead atoms. The zero-order chi connectivity index (χ0) is 20.9. The van der Waals surface area contributed by atoms with Crippen molar-refractivity contribution in [3.05, 3.63) is 58.5 Å². The molecule has 1 amide bonds. The Kier molecular flexibility index (Phi) is 6.40. The van der Waals surface area contributed by atoms with E-state index in [-0.39, 0.29) is 5.91 Å². The van der Waals surface area contributed by atoms with Gasteiger partial charge in [0.25, 0.3) is 5.91 Å². The lowest BCUT2D eigenvalue weighted by molar-refractivity contribution is -0.115. The number of amides is 1. The highest BCUT2D eigenvalue weighted by atomic mass is 32.2. The lowest BCUT2D eigenvalue weighted by Gasteiger charge is -2.29. The van der Waals surface area contributed by atoms with Gasteiger partial charge in [0.2, 0.25) is 0 Å². The number of ether oxygens (including phenoxy) is 2. The van der Waals surface area contributed by atoms with Crippen LogP contribution in [0.3, 0.4) is 0 Å². The third-order valence-corrected chi connectivity index (χ3v) is 5.86. The fourth-order valence-corrected chi connectivity index (χ4v) is 4.20. The first-order chi connectivity index (χ1) is 14.6. The van der Waals surface area contributed by atoms with Gasteiger partial charge in [-0.05, 0) is 79.2 Å². The third kappa shape index (κ3) is 4.86. The zero-order valence-corrected chi connectivity index (χ0v) is 18.0. The van der Waals surface area contributed by atoms with E-state index in [1.54, 1.807) is 0 Å².